The van der Waals surface area contributed by atoms with Crippen molar-refractivity contribution in [2.45, 2.75) is 45.1 Å². The van der Waals surface area contributed by atoms with Gasteiger partial charge in [-0.3, -0.25) is 14.7 Å². The number of nitrogens with zero attached hydrogens (tertiary/aromatic N) is 4. The Morgan fingerprint density at radius 2 is 1.73 bits per heavy atom. The summed E-state index contributed by atoms with van der Waals surface area (Å²) in [6.07, 6.45) is 5.87. The number of fused-ring (bicyclic) bond motifs is 1. The van der Waals surface area contributed by atoms with Gasteiger partial charge < -0.3 is 9.74 Å². The van der Waals surface area contributed by atoms with Crippen LogP contribution in [0, 0.1) is 5.92 Å². The van der Waals surface area contributed by atoms with Crippen LogP contribution in [0.2, 0.25) is 0 Å². The van der Waals surface area contributed by atoms with Gasteiger partial charge in [-0.2, -0.15) is 0 Å². The second-order valence-electron chi connectivity index (χ2n) is 10.4. The van der Waals surface area contributed by atoms with Gasteiger partial charge in [-0.25, -0.2) is 0 Å². The lowest BCUT2D eigenvalue weighted by atomic mass is 9.82. The van der Waals surface area contributed by atoms with E-state index in [1.165, 1.54) is 0 Å². The fraction of sp³-hybridized carbons (Fsp3) is 0.433. The Bertz CT molecular complexity index is 1260. The van der Waals surface area contributed by atoms with Gasteiger partial charge in [-0.15, -0.1) is 0 Å². The Balaban J connectivity index is 1.20. The Labute approximate surface area is 227 Å². The van der Waals surface area contributed by atoms with Gasteiger partial charge in [0.25, 0.3) is 5.91 Å². The summed E-state index contributed by atoms with van der Waals surface area (Å²) in [4.78, 5) is 27.8. The Morgan fingerprint density at radius 3 is 2.41 bits per heavy atom. The standard InChI is InChI=1S/C30H35BrN4O2/c1-3-37-33-28(22-8-10-26(31)11-9-22)23-12-16-35(17-13-23)30(2)14-18-34(19-15-30)29(36)27-20-24-6-4-5-7-25(24)21-32-27/h4-11,20-21,23H,3,12-19H2,1-2H3/b33-28+. The van der Waals surface area contributed by atoms with Crippen molar-refractivity contribution >= 4 is 38.3 Å². The molecular weight excluding hydrogens is 528 g/mol. The number of likely N-dealkylation sites (tertiary alicyclic amines) is 2. The van der Waals surface area contributed by atoms with Crippen LogP contribution in [-0.2, 0) is 4.84 Å². The smallest absolute Gasteiger partial charge is 0.272 e. The average Bonchev–Trinajstić information content (AvgIpc) is 2.94. The van der Waals surface area contributed by atoms with E-state index in [4.69, 9.17) is 4.84 Å². The molecule has 2 aliphatic rings. The maximum absolute atomic E-state index is 13.2. The molecular formula is C30H35BrN4O2. The number of amides is 1. The second kappa shape index (κ2) is 11.3. The highest BCUT2D eigenvalue weighted by molar-refractivity contribution is 9.10. The number of benzene rings is 2. The average molecular weight is 564 g/mol. The highest BCUT2D eigenvalue weighted by atomic mass is 79.9. The summed E-state index contributed by atoms with van der Waals surface area (Å²) in [6, 6.07) is 18.3. The first-order chi connectivity index (χ1) is 18.0. The van der Waals surface area contributed by atoms with Gasteiger partial charge in [0.2, 0.25) is 0 Å². The third-order valence-electron chi connectivity index (χ3n) is 8.05. The maximum atomic E-state index is 13.2. The molecule has 2 aromatic carbocycles. The van der Waals surface area contributed by atoms with E-state index < -0.39 is 0 Å². The molecule has 5 rings (SSSR count). The fourth-order valence-corrected chi connectivity index (χ4v) is 5.95. The van der Waals surface area contributed by atoms with Gasteiger partial charge in [0, 0.05) is 40.6 Å². The second-order valence-corrected chi connectivity index (χ2v) is 11.3. The monoisotopic (exact) mass is 562 g/mol. The Hall–Kier alpha value is -2.77. The lowest BCUT2D eigenvalue weighted by molar-refractivity contribution is 0.0159. The molecule has 1 amide bonds. The van der Waals surface area contributed by atoms with Crippen LogP contribution in [0.1, 0.15) is 55.6 Å². The highest BCUT2D eigenvalue weighted by Gasteiger charge is 2.39. The maximum Gasteiger partial charge on any atom is 0.272 e. The molecule has 0 N–H and O–H groups in total. The van der Waals surface area contributed by atoms with Crippen LogP contribution in [0.3, 0.4) is 0 Å². The number of halogens is 1. The summed E-state index contributed by atoms with van der Waals surface area (Å²) in [5.41, 5.74) is 2.84. The molecule has 3 heterocycles. The quantitative estimate of drug-likeness (QED) is 0.267. The number of carbonyl (C=O) groups excluding carboxylic acids is 1. The Kier molecular flexibility index (Phi) is 7.91. The third kappa shape index (κ3) is 5.73. The molecule has 2 fully saturated rings. The van der Waals surface area contributed by atoms with Crippen molar-refractivity contribution < 1.29 is 9.63 Å². The van der Waals surface area contributed by atoms with Crippen LogP contribution in [0.5, 0.6) is 0 Å². The molecule has 0 aliphatic carbocycles. The molecule has 37 heavy (non-hydrogen) atoms. The summed E-state index contributed by atoms with van der Waals surface area (Å²) in [7, 11) is 0. The normalized spacial score (nSPS) is 19.2. The lowest BCUT2D eigenvalue weighted by Gasteiger charge is -2.49. The minimum absolute atomic E-state index is 0.0396. The molecule has 2 saturated heterocycles. The van der Waals surface area contributed by atoms with E-state index in [1.54, 1.807) is 6.20 Å². The van der Waals surface area contributed by atoms with E-state index >= 15 is 0 Å². The fourth-order valence-electron chi connectivity index (χ4n) is 5.68. The third-order valence-corrected chi connectivity index (χ3v) is 8.58. The number of aromatic nitrogens is 1. The van der Waals surface area contributed by atoms with Crippen molar-refractivity contribution in [3.05, 3.63) is 76.5 Å². The number of piperidine rings is 2. The summed E-state index contributed by atoms with van der Waals surface area (Å²) < 4.78 is 1.07. The zero-order chi connectivity index (χ0) is 25.8. The number of carbonyl (C=O) groups is 1. The van der Waals surface area contributed by atoms with Crippen LogP contribution in [-0.4, -0.2) is 64.7 Å². The van der Waals surface area contributed by atoms with Crippen LogP contribution in [0.4, 0.5) is 0 Å². The lowest BCUT2D eigenvalue weighted by Crippen LogP contribution is -2.56. The van der Waals surface area contributed by atoms with Gasteiger partial charge in [0.15, 0.2) is 0 Å². The van der Waals surface area contributed by atoms with E-state index in [9.17, 15) is 4.79 Å². The van der Waals surface area contributed by atoms with E-state index in [2.05, 4.69) is 62.2 Å². The van der Waals surface area contributed by atoms with Crippen molar-refractivity contribution in [1.29, 1.82) is 0 Å². The first-order valence-corrected chi connectivity index (χ1v) is 14.1. The summed E-state index contributed by atoms with van der Waals surface area (Å²) >= 11 is 3.53. The number of rotatable bonds is 6. The molecule has 0 bridgehead atoms. The molecule has 0 saturated carbocycles. The SMILES string of the molecule is CCO/N=C(\c1ccc(Br)cc1)C1CCN(C2(C)CCN(C(=O)c3cc4ccccc4cn3)CC2)CC1. The number of hydrogen-bond donors (Lipinski definition) is 0. The van der Waals surface area contributed by atoms with Crippen LogP contribution in [0.25, 0.3) is 10.8 Å². The van der Waals surface area contributed by atoms with Gasteiger partial charge in [-0.1, -0.05) is 57.5 Å². The molecule has 0 unspecified atom stereocenters. The predicted octanol–water partition coefficient (Wildman–Crippen LogP) is 6.14. The topological polar surface area (TPSA) is 58.0 Å². The number of pyridine rings is 1. The van der Waals surface area contributed by atoms with Gasteiger partial charge >= 0.3 is 0 Å². The molecule has 6 nitrogen and oxygen atoms in total. The minimum Gasteiger partial charge on any atom is -0.396 e. The molecule has 7 heteroatoms. The minimum atomic E-state index is 0.0396. The number of hydrogen-bond acceptors (Lipinski definition) is 5. The van der Waals surface area contributed by atoms with Crippen molar-refractivity contribution in [1.82, 2.24) is 14.8 Å². The van der Waals surface area contributed by atoms with Crippen LogP contribution < -0.4 is 0 Å². The molecule has 3 aromatic rings. The van der Waals surface area contributed by atoms with Crippen molar-refractivity contribution in [3.63, 3.8) is 0 Å². The van der Waals surface area contributed by atoms with Crippen molar-refractivity contribution in [2.75, 3.05) is 32.8 Å². The van der Waals surface area contributed by atoms with E-state index in [0.29, 0.717) is 18.2 Å². The zero-order valence-corrected chi connectivity index (χ0v) is 23.3. The number of oxime groups is 1. The molecule has 0 radical (unpaired) electrons. The van der Waals surface area contributed by atoms with Crippen LogP contribution >= 0.6 is 15.9 Å². The van der Waals surface area contributed by atoms with Crippen LogP contribution in [0.15, 0.2) is 70.4 Å². The Morgan fingerprint density at radius 1 is 1.05 bits per heavy atom. The van der Waals surface area contributed by atoms with E-state index in [1.807, 2.05) is 42.2 Å². The first-order valence-electron chi connectivity index (χ1n) is 13.3. The summed E-state index contributed by atoms with van der Waals surface area (Å²) in [5.74, 6) is 0.422. The first kappa shape index (κ1) is 25.9. The van der Waals surface area contributed by atoms with E-state index in [0.717, 1.165) is 78.4 Å². The van der Waals surface area contributed by atoms with E-state index in [-0.39, 0.29) is 11.4 Å². The van der Waals surface area contributed by atoms with Crippen molar-refractivity contribution in [2.24, 2.45) is 11.1 Å². The van der Waals surface area contributed by atoms with Crippen molar-refractivity contribution in [3.8, 4) is 0 Å². The summed E-state index contributed by atoms with van der Waals surface area (Å²) in [5, 5.41) is 6.65. The predicted molar refractivity (Wildman–Crippen MR) is 152 cm³/mol. The molecule has 0 atom stereocenters. The zero-order valence-electron chi connectivity index (χ0n) is 21.7. The molecule has 0 spiro atoms. The summed E-state index contributed by atoms with van der Waals surface area (Å²) in [6.45, 7) is 8.50. The highest BCUT2D eigenvalue weighted by Crippen LogP contribution is 2.34. The largest absolute Gasteiger partial charge is 0.396 e. The van der Waals surface area contributed by atoms with Gasteiger partial charge in [-0.05, 0) is 81.8 Å². The molecule has 2 aliphatic heterocycles. The van der Waals surface area contributed by atoms with Gasteiger partial charge in [0.1, 0.15) is 12.3 Å². The molecule has 1 aromatic heterocycles. The molecule has 194 valence electrons. The van der Waals surface area contributed by atoms with Gasteiger partial charge in [0.05, 0.1) is 5.71 Å².